The number of ether oxygens (including phenoxy) is 1. The zero-order valence-electron chi connectivity index (χ0n) is 11.4. The molecule has 0 spiro atoms. The Labute approximate surface area is 105 Å². The lowest BCUT2D eigenvalue weighted by Gasteiger charge is -2.31. The van der Waals surface area contributed by atoms with Crippen LogP contribution in [0, 0.1) is 5.92 Å². The largest absolute Gasteiger partial charge is 0.466 e. The molecule has 0 radical (unpaired) electrons. The maximum absolute atomic E-state index is 11.4. The minimum absolute atomic E-state index is 0.0892. The molecule has 1 fully saturated rings. The zero-order valence-corrected chi connectivity index (χ0v) is 11.4. The van der Waals surface area contributed by atoms with E-state index in [1.54, 1.807) is 0 Å². The second-order valence-electron chi connectivity index (χ2n) is 5.01. The van der Waals surface area contributed by atoms with Crippen LogP contribution in [0.3, 0.4) is 0 Å². The van der Waals surface area contributed by atoms with E-state index in [1.807, 2.05) is 6.92 Å². The van der Waals surface area contributed by atoms with Gasteiger partial charge in [-0.15, -0.1) is 0 Å². The van der Waals surface area contributed by atoms with Gasteiger partial charge < -0.3 is 15.0 Å². The number of carbonyl (C=O) groups excluding carboxylic acids is 1. The van der Waals surface area contributed by atoms with Crippen LogP contribution in [-0.2, 0) is 9.53 Å². The average molecular weight is 242 g/mol. The SMILES string of the molecule is CCOC(=O)CC(C)N(C)CC1CCCNC1. The van der Waals surface area contributed by atoms with Crippen molar-refractivity contribution >= 4 is 5.97 Å². The highest BCUT2D eigenvalue weighted by Crippen LogP contribution is 2.13. The van der Waals surface area contributed by atoms with Gasteiger partial charge >= 0.3 is 5.97 Å². The summed E-state index contributed by atoms with van der Waals surface area (Å²) in [5.74, 6) is 0.631. The maximum Gasteiger partial charge on any atom is 0.307 e. The highest BCUT2D eigenvalue weighted by molar-refractivity contribution is 5.69. The van der Waals surface area contributed by atoms with Gasteiger partial charge in [0.1, 0.15) is 0 Å². The summed E-state index contributed by atoms with van der Waals surface area (Å²) < 4.78 is 4.97. The van der Waals surface area contributed by atoms with E-state index in [4.69, 9.17) is 4.74 Å². The van der Waals surface area contributed by atoms with Crippen LogP contribution in [-0.4, -0.2) is 50.2 Å². The van der Waals surface area contributed by atoms with E-state index in [0.29, 0.717) is 13.0 Å². The molecule has 0 aliphatic carbocycles. The highest BCUT2D eigenvalue weighted by Gasteiger charge is 2.19. The van der Waals surface area contributed by atoms with Crippen molar-refractivity contribution in [1.82, 2.24) is 10.2 Å². The first-order chi connectivity index (χ1) is 8.13. The molecule has 1 aliphatic rings. The molecule has 1 N–H and O–H groups in total. The Hall–Kier alpha value is -0.610. The lowest BCUT2D eigenvalue weighted by Crippen LogP contribution is -2.40. The van der Waals surface area contributed by atoms with Gasteiger partial charge in [0, 0.05) is 12.6 Å². The smallest absolute Gasteiger partial charge is 0.307 e. The fourth-order valence-corrected chi connectivity index (χ4v) is 2.28. The molecule has 0 aromatic heterocycles. The second kappa shape index (κ2) is 7.67. The van der Waals surface area contributed by atoms with Crippen molar-refractivity contribution in [1.29, 1.82) is 0 Å². The van der Waals surface area contributed by atoms with Gasteiger partial charge in [0.15, 0.2) is 0 Å². The van der Waals surface area contributed by atoms with Gasteiger partial charge in [-0.3, -0.25) is 4.79 Å². The molecule has 2 unspecified atom stereocenters. The minimum Gasteiger partial charge on any atom is -0.466 e. The van der Waals surface area contributed by atoms with Crippen LogP contribution < -0.4 is 5.32 Å². The summed E-state index contributed by atoms with van der Waals surface area (Å²) in [6.45, 7) is 7.73. The Morgan fingerprint density at radius 1 is 1.59 bits per heavy atom. The molecule has 1 saturated heterocycles. The third-order valence-corrected chi connectivity index (χ3v) is 3.46. The summed E-state index contributed by atoms with van der Waals surface area (Å²) in [4.78, 5) is 13.7. The predicted octanol–water partition coefficient (Wildman–Crippen LogP) is 1.26. The molecular formula is C13H26N2O2. The molecule has 17 heavy (non-hydrogen) atoms. The van der Waals surface area contributed by atoms with Crippen molar-refractivity contribution in [3.63, 3.8) is 0 Å². The fourth-order valence-electron chi connectivity index (χ4n) is 2.28. The summed E-state index contributed by atoms with van der Waals surface area (Å²) in [6, 6.07) is 0.260. The van der Waals surface area contributed by atoms with Crippen LogP contribution in [0.2, 0.25) is 0 Å². The summed E-state index contributed by atoms with van der Waals surface area (Å²) in [7, 11) is 2.10. The molecule has 0 aromatic rings. The van der Waals surface area contributed by atoms with Crippen molar-refractivity contribution in [2.75, 3.05) is 33.3 Å². The van der Waals surface area contributed by atoms with E-state index < -0.39 is 0 Å². The van der Waals surface area contributed by atoms with Crippen LogP contribution >= 0.6 is 0 Å². The summed E-state index contributed by atoms with van der Waals surface area (Å²) >= 11 is 0. The second-order valence-corrected chi connectivity index (χ2v) is 5.01. The number of esters is 1. The average Bonchev–Trinajstić information content (AvgIpc) is 2.30. The first-order valence-corrected chi connectivity index (χ1v) is 6.70. The number of nitrogens with one attached hydrogen (secondary N) is 1. The predicted molar refractivity (Wildman–Crippen MR) is 68.9 cm³/mol. The molecule has 100 valence electrons. The number of hydrogen-bond donors (Lipinski definition) is 1. The molecule has 0 saturated carbocycles. The van der Waals surface area contributed by atoms with E-state index in [-0.39, 0.29) is 12.0 Å². The number of carbonyl (C=O) groups is 1. The van der Waals surface area contributed by atoms with E-state index >= 15 is 0 Å². The maximum atomic E-state index is 11.4. The van der Waals surface area contributed by atoms with Crippen LogP contribution in [0.4, 0.5) is 0 Å². The van der Waals surface area contributed by atoms with Gasteiger partial charge in [-0.25, -0.2) is 0 Å². The number of piperidine rings is 1. The fraction of sp³-hybridized carbons (Fsp3) is 0.923. The van der Waals surface area contributed by atoms with E-state index in [0.717, 1.165) is 25.6 Å². The lowest BCUT2D eigenvalue weighted by molar-refractivity contribution is -0.144. The Morgan fingerprint density at radius 3 is 2.94 bits per heavy atom. The van der Waals surface area contributed by atoms with Crippen molar-refractivity contribution < 1.29 is 9.53 Å². The van der Waals surface area contributed by atoms with Crippen molar-refractivity contribution in [3.8, 4) is 0 Å². The number of nitrogens with zero attached hydrogens (tertiary/aromatic N) is 1. The monoisotopic (exact) mass is 242 g/mol. The molecule has 4 heteroatoms. The lowest BCUT2D eigenvalue weighted by atomic mass is 9.98. The van der Waals surface area contributed by atoms with Crippen LogP contribution in [0.25, 0.3) is 0 Å². The van der Waals surface area contributed by atoms with Crippen LogP contribution in [0.15, 0.2) is 0 Å². The third-order valence-electron chi connectivity index (χ3n) is 3.46. The Kier molecular flexibility index (Phi) is 6.52. The Bertz CT molecular complexity index is 227. The molecule has 1 aliphatic heterocycles. The van der Waals surface area contributed by atoms with E-state index in [2.05, 4.69) is 24.2 Å². The molecule has 1 rings (SSSR count). The topological polar surface area (TPSA) is 41.6 Å². The van der Waals surface area contributed by atoms with Gasteiger partial charge in [0.2, 0.25) is 0 Å². The molecule has 0 aromatic carbocycles. The Balaban J connectivity index is 2.25. The van der Waals surface area contributed by atoms with Gasteiger partial charge in [-0.2, -0.15) is 0 Å². The van der Waals surface area contributed by atoms with Crippen molar-refractivity contribution in [2.24, 2.45) is 5.92 Å². The molecule has 2 atom stereocenters. The molecule has 0 amide bonds. The molecule has 0 bridgehead atoms. The Morgan fingerprint density at radius 2 is 2.35 bits per heavy atom. The van der Waals surface area contributed by atoms with Crippen LogP contribution in [0.5, 0.6) is 0 Å². The minimum atomic E-state index is -0.0892. The molecule has 4 nitrogen and oxygen atoms in total. The van der Waals surface area contributed by atoms with Gasteiger partial charge in [0.05, 0.1) is 13.0 Å². The van der Waals surface area contributed by atoms with Gasteiger partial charge in [-0.05, 0) is 52.7 Å². The third kappa shape index (κ3) is 5.50. The van der Waals surface area contributed by atoms with Crippen molar-refractivity contribution in [2.45, 2.75) is 39.2 Å². The highest BCUT2D eigenvalue weighted by atomic mass is 16.5. The van der Waals surface area contributed by atoms with Gasteiger partial charge in [0.25, 0.3) is 0 Å². The quantitative estimate of drug-likeness (QED) is 0.712. The first kappa shape index (κ1) is 14.5. The zero-order chi connectivity index (χ0) is 12.7. The number of hydrogen-bond acceptors (Lipinski definition) is 4. The number of rotatable bonds is 6. The van der Waals surface area contributed by atoms with E-state index in [1.165, 1.54) is 12.8 Å². The normalized spacial score (nSPS) is 22.5. The first-order valence-electron chi connectivity index (χ1n) is 6.70. The molecule has 1 heterocycles. The van der Waals surface area contributed by atoms with Gasteiger partial charge in [-0.1, -0.05) is 0 Å². The van der Waals surface area contributed by atoms with Crippen molar-refractivity contribution in [3.05, 3.63) is 0 Å². The summed E-state index contributed by atoms with van der Waals surface area (Å²) in [5.41, 5.74) is 0. The summed E-state index contributed by atoms with van der Waals surface area (Å²) in [5, 5.41) is 3.42. The molecular weight excluding hydrogens is 216 g/mol. The standard InChI is InChI=1S/C13H26N2O2/c1-4-17-13(16)8-11(2)15(3)10-12-6-5-7-14-9-12/h11-12,14H,4-10H2,1-3H3. The van der Waals surface area contributed by atoms with E-state index in [9.17, 15) is 4.79 Å². The van der Waals surface area contributed by atoms with Crippen LogP contribution in [0.1, 0.15) is 33.1 Å². The summed E-state index contributed by atoms with van der Waals surface area (Å²) in [6.07, 6.45) is 3.05.